The van der Waals surface area contributed by atoms with Crippen molar-refractivity contribution in [1.82, 2.24) is 10.2 Å². The van der Waals surface area contributed by atoms with Gasteiger partial charge >= 0.3 is 5.97 Å². The first kappa shape index (κ1) is 14.9. The molecule has 0 saturated heterocycles. The number of likely N-dealkylation sites (N-methyl/N-ethyl adjacent to an activating group) is 1. The zero-order valence-electron chi connectivity index (χ0n) is 10.9. The Bertz CT molecular complexity index is 407. The van der Waals surface area contributed by atoms with Crippen molar-refractivity contribution < 1.29 is 24.3 Å². The van der Waals surface area contributed by atoms with Gasteiger partial charge in [0.2, 0.25) is 12.0 Å². The number of hydrogen-bond acceptors (Lipinski definition) is 5. The second-order valence-corrected chi connectivity index (χ2v) is 4.19. The Hall–Kier alpha value is -2.12. The summed E-state index contributed by atoms with van der Waals surface area (Å²) in [7, 11) is 1.45. The second kappa shape index (κ2) is 6.72. The van der Waals surface area contributed by atoms with Gasteiger partial charge in [-0.25, -0.2) is 4.79 Å². The maximum absolute atomic E-state index is 11.9. The molecule has 0 saturated carbocycles. The maximum atomic E-state index is 11.9. The SMILES string of the molecule is CCCNC(=O)CN(C)C(=O)C1CC(C(=O)O)=NO1. The van der Waals surface area contributed by atoms with Gasteiger partial charge in [-0.2, -0.15) is 0 Å². The first-order valence-corrected chi connectivity index (χ1v) is 5.93. The summed E-state index contributed by atoms with van der Waals surface area (Å²) in [4.78, 5) is 39.9. The van der Waals surface area contributed by atoms with Crippen molar-refractivity contribution in [2.45, 2.75) is 25.9 Å². The van der Waals surface area contributed by atoms with E-state index in [2.05, 4.69) is 10.5 Å². The van der Waals surface area contributed by atoms with E-state index in [1.807, 2.05) is 6.92 Å². The van der Waals surface area contributed by atoms with E-state index in [0.29, 0.717) is 6.54 Å². The topological polar surface area (TPSA) is 108 Å². The van der Waals surface area contributed by atoms with Gasteiger partial charge in [0.05, 0.1) is 6.54 Å². The predicted molar refractivity (Wildman–Crippen MR) is 65.5 cm³/mol. The lowest BCUT2D eigenvalue weighted by Gasteiger charge is -2.19. The number of oxime groups is 1. The molecule has 19 heavy (non-hydrogen) atoms. The van der Waals surface area contributed by atoms with Crippen LogP contribution in [-0.4, -0.2) is 59.7 Å². The van der Waals surface area contributed by atoms with Gasteiger partial charge in [0.15, 0.2) is 5.71 Å². The fraction of sp³-hybridized carbons (Fsp3) is 0.636. The van der Waals surface area contributed by atoms with Crippen molar-refractivity contribution in [1.29, 1.82) is 0 Å². The van der Waals surface area contributed by atoms with Crippen molar-refractivity contribution in [2.24, 2.45) is 5.16 Å². The molecule has 1 aliphatic rings. The number of carbonyl (C=O) groups excluding carboxylic acids is 2. The summed E-state index contributed by atoms with van der Waals surface area (Å²) in [6.07, 6.45) is -0.241. The summed E-state index contributed by atoms with van der Waals surface area (Å²) in [5.41, 5.74) is -0.192. The molecule has 1 heterocycles. The van der Waals surface area contributed by atoms with E-state index >= 15 is 0 Å². The van der Waals surface area contributed by atoms with Gasteiger partial charge in [-0.1, -0.05) is 12.1 Å². The molecule has 0 aliphatic carbocycles. The van der Waals surface area contributed by atoms with Gasteiger partial charge in [-0.3, -0.25) is 9.59 Å². The summed E-state index contributed by atoms with van der Waals surface area (Å²) in [6.45, 7) is 2.38. The molecule has 2 amide bonds. The van der Waals surface area contributed by atoms with E-state index in [0.717, 1.165) is 6.42 Å². The van der Waals surface area contributed by atoms with Crippen LogP contribution in [0, 0.1) is 0 Å². The van der Waals surface area contributed by atoms with Crippen LogP contribution in [0.1, 0.15) is 19.8 Å². The zero-order valence-corrected chi connectivity index (χ0v) is 10.9. The average molecular weight is 271 g/mol. The lowest BCUT2D eigenvalue weighted by Crippen LogP contribution is -2.43. The van der Waals surface area contributed by atoms with Gasteiger partial charge < -0.3 is 20.2 Å². The van der Waals surface area contributed by atoms with E-state index in [-0.39, 0.29) is 24.6 Å². The number of carbonyl (C=O) groups is 3. The average Bonchev–Trinajstić information content (AvgIpc) is 2.84. The fourth-order valence-corrected chi connectivity index (χ4v) is 1.50. The minimum Gasteiger partial charge on any atom is -0.477 e. The number of amides is 2. The molecule has 106 valence electrons. The molecule has 0 aromatic heterocycles. The van der Waals surface area contributed by atoms with E-state index in [4.69, 9.17) is 9.94 Å². The third-order valence-corrected chi connectivity index (χ3v) is 2.52. The van der Waals surface area contributed by atoms with Crippen LogP contribution in [0.5, 0.6) is 0 Å². The lowest BCUT2D eigenvalue weighted by molar-refractivity contribution is -0.143. The van der Waals surface area contributed by atoms with Crippen molar-refractivity contribution >= 4 is 23.5 Å². The Morgan fingerprint density at radius 2 is 2.21 bits per heavy atom. The molecule has 1 atom stereocenters. The quantitative estimate of drug-likeness (QED) is 0.657. The fourth-order valence-electron chi connectivity index (χ4n) is 1.50. The van der Waals surface area contributed by atoms with Crippen molar-refractivity contribution in [3.63, 3.8) is 0 Å². The minimum atomic E-state index is -1.21. The van der Waals surface area contributed by atoms with Crippen LogP contribution in [-0.2, 0) is 19.2 Å². The minimum absolute atomic E-state index is 0.0882. The summed E-state index contributed by atoms with van der Waals surface area (Å²) < 4.78 is 0. The summed E-state index contributed by atoms with van der Waals surface area (Å²) in [5.74, 6) is -1.94. The van der Waals surface area contributed by atoms with Gasteiger partial charge in [-0.05, 0) is 6.42 Å². The number of hydrogen-bond donors (Lipinski definition) is 2. The molecule has 8 heteroatoms. The zero-order chi connectivity index (χ0) is 14.4. The summed E-state index contributed by atoms with van der Waals surface area (Å²) in [6, 6.07) is 0. The first-order valence-electron chi connectivity index (χ1n) is 5.93. The van der Waals surface area contributed by atoms with Gasteiger partial charge in [0.1, 0.15) is 0 Å². The Balaban J connectivity index is 2.42. The third-order valence-electron chi connectivity index (χ3n) is 2.52. The highest BCUT2D eigenvalue weighted by Crippen LogP contribution is 2.12. The maximum Gasteiger partial charge on any atom is 0.353 e. The molecule has 1 aliphatic heterocycles. The molecule has 1 unspecified atom stereocenters. The van der Waals surface area contributed by atoms with E-state index in [1.54, 1.807) is 0 Å². The normalized spacial score (nSPS) is 17.4. The van der Waals surface area contributed by atoms with E-state index in [9.17, 15) is 14.4 Å². The van der Waals surface area contributed by atoms with Gasteiger partial charge in [0, 0.05) is 20.0 Å². The number of rotatable bonds is 6. The van der Waals surface area contributed by atoms with E-state index in [1.165, 1.54) is 11.9 Å². The molecule has 1 rings (SSSR count). The monoisotopic (exact) mass is 271 g/mol. The molecule has 2 N–H and O–H groups in total. The molecule has 0 aromatic carbocycles. The van der Waals surface area contributed by atoms with Crippen molar-refractivity contribution in [3.05, 3.63) is 0 Å². The van der Waals surface area contributed by atoms with Gasteiger partial charge in [-0.15, -0.1) is 0 Å². The van der Waals surface area contributed by atoms with Gasteiger partial charge in [0.25, 0.3) is 5.91 Å². The lowest BCUT2D eigenvalue weighted by atomic mass is 10.1. The number of carboxylic acid groups (broad SMARTS) is 1. The van der Waals surface area contributed by atoms with Crippen molar-refractivity contribution in [2.75, 3.05) is 20.1 Å². The highest BCUT2D eigenvalue weighted by molar-refractivity contribution is 6.36. The molecule has 0 fully saturated rings. The molecule has 0 bridgehead atoms. The molecule has 0 radical (unpaired) electrons. The molecular formula is C11H17N3O5. The van der Waals surface area contributed by atoms with Crippen LogP contribution in [0.3, 0.4) is 0 Å². The van der Waals surface area contributed by atoms with E-state index < -0.39 is 18.0 Å². The first-order chi connectivity index (χ1) is 8.95. The van der Waals surface area contributed by atoms with Crippen LogP contribution >= 0.6 is 0 Å². The molecule has 0 aromatic rings. The summed E-state index contributed by atoms with van der Waals surface area (Å²) in [5, 5.41) is 14.7. The van der Waals surface area contributed by atoms with Crippen LogP contribution in [0.25, 0.3) is 0 Å². The number of carboxylic acids is 1. The smallest absolute Gasteiger partial charge is 0.353 e. The highest BCUT2D eigenvalue weighted by Gasteiger charge is 2.33. The largest absolute Gasteiger partial charge is 0.477 e. The summed E-state index contributed by atoms with van der Waals surface area (Å²) >= 11 is 0. The Morgan fingerprint density at radius 1 is 1.53 bits per heavy atom. The third kappa shape index (κ3) is 4.23. The molecular weight excluding hydrogens is 254 g/mol. The number of aliphatic carboxylic acids is 1. The molecule has 8 nitrogen and oxygen atoms in total. The Morgan fingerprint density at radius 3 is 2.74 bits per heavy atom. The van der Waals surface area contributed by atoms with Crippen LogP contribution in [0.4, 0.5) is 0 Å². The van der Waals surface area contributed by atoms with Crippen LogP contribution < -0.4 is 5.32 Å². The Kier molecular flexibility index (Phi) is 5.28. The van der Waals surface area contributed by atoms with Crippen LogP contribution in [0.15, 0.2) is 5.16 Å². The molecule has 0 spiro atoms. The Labute approximate surface area is 110 Å². The predicted octanol–water partition coefficient (Wildman–Crippen LogP) is -0.799. The van der Waals surface area contributed by atoms with Crippen molar-refractivity contribution in [3.8, 4) is 0 Å². The standard InChI is InChI=1S/C11H17N3O5/c1-3-4-12-9(15)6-14(2)10(16)8-5-7(11(17)18)13-19-8/h8H,3-6H2,1-2H3,(H,12,15)(H,17,18). The second-order valence-electron chi connectivity index (χ2n) is 4.19. The number of nitrogens with one attached hydrogen (secondary N) is 1. The van der Waals surface area contributed by atoms with Crippen LogP contribution in [0.2, 0.25) is 0 Å². The number of nitrogens with zero attached hydrogens (tertiary/aromatic N) is 2. The highest BCUT2D eigenvalue weighted by atomic mass is 16.6.